The van der Waals surface area contributed by atoms with Crippen molar-refractivity contribution in [2.45, 2.75) is 63.5 Å². The van der Waals surface area contributed by atoms with E-state index in [2.05, 4.69) is 4.98 Å². The number of hydrogen-bond acceptors (Lipinski definition) is 4. The highest BCUT2D eigenvalue weighted by Gasteiger charge is 2.42. The molecule has 0 spiro atoms. The monoisotopic (exact) mass is 424 g/mol. The average Bonchev–Trinajstić information content (AvgIpc) is 3.16. The number of hydrogen-bond donors (Lipinski definition) is 0. The number of rotatable bonds is 2. The molecule has 1 amide bonds. The Morgan fingerprint density at radius 3 is 2.53 bits per heavy atom. The molecule has 6 nitrogen and oxygen atoms in total. The second-order valence-corrected chi connectivity index (χ2v) is 8.51. The lowest BCUT2D eigenvalue weighted by atomic mass is 9.80. The standard InChI is InChI=1S/C21H27F3N4O2/c1-13-10-18(15-4-3-9-27(12-15)20(29)30-2)28-19(25-13)11-17(26-28)14-5-7-16(8-6-14)21(22,23)24/h10-11,14-16H,3-9,12H2,1-2H3/t14?,15-,16?/m1/s1. The molecule has 4 rings (SSSR count). The third-order valence-corrected chi connectivity index (χ3v) is 6.48. The molecule has 3 heterocycles. The van der Waals surface area contributed by atoms with Gasteiger partial charge in [-0.3, -0.25) is 0 Å². The van der Waals surface area contributed by atoms with Gasteiger partial charge in [0.25, 0.3) is 0 Å². The summed E-state index contributed by atoms with van der Waals surface area (Å²) in [5, 5.41) is 4.77. The second-order valence-electron chi connectivity index (χ2n) is 8.51. The minimum atomic E-state index is -4.11. The maximum absolute atomic E-state index is 13.0. The van der Waals surface area contributed by atoms with Crippen molar-refractivity contribution in [3.8, 4) is 0 Å². The summed E-state index contributed by atoms with van der Waals surface area (Å²) in [6, 6.07) is 3.91. The van der Waals surface area contributed by atoms with Crippen LogP contribution < -0.4 is 0 Å². The number of fused-ring (bicyclic) bond motifs is 1. The molecule has 1 aliphatic heterocycles. The van der Waals surface area contributed by atoms with E-state index in [-0.39, 0.29) is 30.8 Å². The lowest BCUT2D eigenvalue weighted by Gasteiger charge is -2.32. The van der Waals surface area contributed by atoms with Crippen molar-refractivity contribution in [3.05, 3.63) is 29.2 Å². The molecule has 164 valence electrons. The van der Waals surface area contributed by atoms with Crippen LogP contribution in [0.1, 0.15) is 67.4 Å². The van der Waals surface area contributed by atoms with Crippen molar-refractivity contribution in [2.75, 3.05) is 20.2 Å². The molecule has 30 heavy (non-hydrogen) atoms. The normalized spacial score (nSPS) is 25.5. The van der Waals surface area contributed by atoms with Crippen molar-refractivity contribution < 1.29 is 22.7 Å². The van der Waals surface area contributed by atoms with Gasteiger partial charge in [0, 0.05) is 36.7 Å². The topological polar surface area (TPSA) is 59.7 Å². The molecule has 2 aliphatic rings. The van der Waals surface area contributed by atoms with Gasteiger partial charge in [0.05, 0.1) is 24.4 Å². The molecule has 1 aliphatic carbocycles. The minimum absolute atomic E-state index is 0.0244. The molecule has 1 saturated carbocycles. The van der Waals surface area contributed by atoms with E-state index < -0.39 is 12.1 Å². The fourth-order valence-corrected chi connectivity index (χ4v) is 4.87. The van der Waals surface area contributed by atoms with Gasteiger partial charge in [-0.25, -0.2) is 14.3 Å². The van der Waals surface area contributed by atoms with Crippen molar-refractivity contribution >= 4 is 11.7 Å². The number of aromatic nitrogens is 3. The summed E-state index contributed by atoms with van der Waals surface area (Å²) in [5.74, 6) is -1.07. The predicted molar refractivity (Wildman–Crippen MR) is 104 cm³/mol. The Kier molecular flexibility index (Phi) is 5.63. The largest absolute Gasteiger partial charge is 0.453 e. The van der Waals surface area contributed by atoms with Crippen LogP contribution in [0.25, 0.3) is 5.65 Å². The number of carbonyl (C=O) groups is 1. The molecule has 0 bridgehead atoms. The van der Waals surface area contributed by atoms with Crippen LogP contribution in [0.15, 0.2) is 12.1 Å². The van der Waals surface area contributed by atoms with E-state index in [0.29, 0.717) is 31.6 Å². The predicted octanol–water partition coefficient (Wildman–Crippen LogP) is 4.82. The Balaban J connectivity index is 1.59. The average molecular weight is 424 g/mol. The zero-order valence-corrected chi connectivity index (χ0v) is 17.3. The highest BCUT2D eigenvalue weighted by atomic mass is 19.4. The number of aryl methyl sites for hydroxylation is 1. The minimum Gasteiger partial charge on any atom is -0.453 e. The zero-order chi connectivity index (χ0) is 21.5. The first-order valence-corrected chi connectivity index (χ1v) is 10.5. The number of ether oxygens (including phenoxy) is 1. The molecule has 2 aromatic rings. The molecular weight excluding hydrogens is 397 g/mol. The van der Waals surface area contributed by atoms with Crippen LogP contribution >= 0.6 is 0 Å². The van der Waals surface area contributed by atoms with E-state index in [0.717, 1.165) is 29.9 Å². The van der Waals surface area contributed by atoms with Gasteiger partial charge < -0.3 is 9.64 Å². The van der Waals surface area contributed by atoms with Crippen molar-refractivity contribution in [3.63, 3.8) is 0 Å². The highest BCUT2D eigenvalue weighted by molar-refractivity contribution is 5.67. The molecule has 0 radical (unpaired) electrons. The van der Waals surface area contributed by atoms with Crippen LogP contribution in [0.4, 0.5) is 18.0 Å². The van der Waals surface area contributed by atoms with E-state index in [4.69, 9.17) is 9.84 Å². The number of carbonyl (C=O) groups excluding carboxylic acids is 1. The van der Waals surface area contributed by atoms with Crippen LogP contribution in [-0.2, 0) is 4.74 Å². The van der Waals surface area contributed by atoms with Gasteiger partial charge in [0.2, 0.25) is 0 Å². The van der Waals surface area contributed by atoms with E-state index in [9.17, 15) is 18.0 Å². The Morgan fingerprint density at radius 2 is 1.87 bits per heavy atom. The van der Waals surface area contributed by atoms with Crippen LogP contribution in [-0.4, -0.2) is 52.0 Å². The van der Waals surface area contributed by atoms with Crippen molar-refractivity contribution in [1.82, 2.24) is 19.5 Å². The van der Waals surface area contributed by atoms with Gasteiger partial charge in [-0.05, 0) is 51.5 Å². The summed E-state index contributed by atoms with van der Waals surface area (Å²) < 4.78 is 45.7. The Morgan fingerprint density at radius 1 is 1.13 bits per heavy atom. The van der Waals surface area contributed by atoms with Gasteiger partial charge in [-0.15, -0.1) is 0 Å². The number of halogens is 3. The number of methoxy groups -OCH3 is 1. The summed E-state index contributed by atoms with van der Waals surface area (Å²) in [4.78, 5) is 18.3. The van der Waals surface area contributed by atoms with Crippen molar-refractivity contribution in [2.24, 2.45) is 5.92 Å². The first-order valence-electron chi connectivity index (χ1n) is 10.5. The third-order valence-electron chi connectivity index (χ3n) is 6.48. The second kappa shape index (κ2) is 8.07. The quantitative estimate of drug-likeness (QED) is 0.694. The summed E-state index contributed by atoms with van der Waals surface area (Å²) in [5.41, 5.74) is 3.38. The molecule has 0 unspecified atom stereocenters. The van der Waals surface area contributed by atoms with Crippen molar-refractivity contribution in [1.29, 1.82) is 0 Å². The molecule has 9 heteroatoms. The summed E-state index contributed by atoms with van der Waals surface area (Å²) in [6.07, 6.45) is -1.36. The van der Waals surface area contributed by atoms with Gasteiger partial charge in [-0.2, -0.15) is 18.3 Å². The Bertz CT molecular complexity index is 919. The molecule has 0 N–H and O–H groups in total. The molecule has 1 saturated heterocycles. The van der Waals surface area contributed by atoms with Crippen LogP contribution in [0.5, 0.6) is 0 Å². The smallest absolute Gasteiger partial charge is 0.409 e. The molecular formula is C21H27F3N4O2. The lowest BCUT2D eigenvalue weighted by Crippen LogP contribution is -2.39. The van der Waals surface area contributed by atoms with Crippen LogP contribution in [0.2, 0.25) is 0 Å². The van der Waals surface area contributed by atoms with E-state index in [1.165, 1.54) is 7.11 Å². The maximum Gasteiger partial charge on any atom is 0.409 e. The molecule has 2 aromatic heterocycles. The number of piperidine rings is 1. The zero-order valence-electron chi connectivity index (χ0n) is 17.3. The van der Waals surface area contributed by atoms with E-state index in [1.807, 2.05) is 23.6 Å². The number of nitrogens with zero attached hydrogens (tertiary/aromatic N) is 4. The maximum atomic E-state index is 13.0. The van der Waals surface area contributed by atoms with Gasteiger partial charge in [0.15, 0.2) is 5.65 Å². The summed E-state index contributed by atoms with van der Waals surface area (Å²) in [6.45, 7) is 3.14. The number of amides is 1. The molecule has 0 aromatic carbocycles. The fourth-order valence-electron chi connectivity index (χ4n) is 4.87. The van der Waals surface area contributed by atoms with E-state index in [1.54, 1.807) is 4.90 Å². The molecule has 1 atom stereocenters. The van der Waals surface area contributed by atoms with E-state index >= 15 is 0 Å². The first-order chi connectivity index (χ1) is 14.3. The van der Waals surface area contributed by atoms with Crippen LogP contribution in [0.3, 0.4) is 0 Å². The number of likely N-dealkylation sites (tertiary alicyclic amines) is 1. The summed E-state index contributed by atoms with van der Waals surface area (Å²) in [7, 11) is 1.38. The molecule has 2 fully saturated rings. The van der Waals surface area contributed by atoms with Crippen LogP contribution in [0, 0.1) is 12.8 Å². The third kappa shape index (κ3) is 4.11. The summed E-state index contributed by atoms with van der Waals surface area (Å²) >= 11 is 0. The lowest BCUT2D eigenvalue weighted by molar-refractivity contribution is -0.182. The van der Waals surface area contributed by atoms with Gasteiger partial charge in [-0.1, -0.05) is 0 Å². The SMILES string of the molecule is COC(=O)N1CCC[C@@H](c2cc(C)nc3cc(C4CCC(C(F)(F)F)CC4)nn23)C1. The Hall–Kier alpha value is -2.32. The first kappa shape index (κ1) is 20.9. The van der Waals surface area contributed by atoms with Gasteiger partial charge in [0.1, 0.15) is 0 Å². The highest BCUT2D eigenvalue weighted by Crippen LogP contribution is 2.42. The number of alkyl halides is 3. The van der Waals surface area contributed by atoms with Gasteiger partial charge >= 0.3 is 12.3 Å². The fraction of sp³-hybridized carbons (Fsp3) is 0.667. The Labute approximate surface area is 173 Å².